The molecule has 2 fully saturated rings. The lowest BCUT2D eigenvalue weighted by atomic mass is 10.2. The third-order valence-electron chi connectivity index (χ3n) is 4.40. The van der Waals surface area contributed by atoms with Crippen molar-refractivity contribution in [1.82, 2.24) is 13.6 Å². The van der Waals surface area contributed by atoms with Gasteiger partial charge in [0.25, 0.3) is 10.2 Å². The second-order valence-corrected chi connectivity index (χ2v) is 7.82. The second kappa shape index (κ2) is 6.93. The number of rotatable bonds is 3. The number of nitrogens with zero attached hydrogens (tertiary/aromatic N) is 4. The molecule has 2 aliphatic heterocycles. The fraction of sp³-hybridized carbons (Fsp3) is 0.667. The summed E-state index contributed by atoms with van der Waals surface area (Å²) in [5.74, 6) is 0.930. The van der Waals surface area contributed by atoms with Gasteiger partial charge >= 0.3 is 0 Å². The van der Waals surface area contributed by atoms with Crippen molar-refractivity contribution >= 4 is 16.0 Å². The lowest BCUT2D eigenvalue weighted by Crippen LogP contribution is -2.47. The highest BCUT2D eigenvalue weighted by Gasteiger charge is 2.31. The third-order valence-corrected chi connectivity index (χ3v) is 6.43. The van der Waals surface area contributed by atoms with E-state index in [9.17, 15) is 8.42 Å². The van der Waals surface area contributed by atoms with E-state index in [1.807, 2.05) is 18.2 Å². The Morgan fingerprint density at radius 2 is 1.55 bits per heavy atom. The quantitative estimate of drug-likeness (QED) is 0.841. The Labute approximate surface area is 132 Å². The molecule has 0 spiro atoms. The van der Waals surface area contributed by atoms with Crippen molar-refractivity contribution in [2.75, 3.05) is 44.2 Å². The largest absolute Gasteiger partial charge is 0.355 e. The zero-order valence-corrected chi connectivity index (χ0v) is 13.7. The molecule has 0 atom stereocenters. The van der Waals surface area contributed by atoms with Gasteiger partial charge in [-0.3, -0.25) is 0 Å². The van der Waals surface area contributed by atoms with Crippen LogP contribution in [0, 0.1) is 0 Å². The molecule has 122 valence electrons. The standard InChI is InChI=1S/C15H24N4O2S/c20-22(21,18-10-4-1-5-11-18)19-12-6-9-17(13-14-19)15-7-2-3-8-16-15/h2-3,7-8H,1,4-6,9-14H2. The zero-order chi connectivity index (χ0) is 15.4. The first kappa shape index (κ1) is 15.7. The van der Waals surface area contributed by atoms with Gasteiger partial charge in [0, 0.05) is 45.5 Å². The number of hydrogen-bond donors (Lipinski definition) is 0. The molecule has 1 aromatic rings. The lowest BCUT2D eigenvalue weighted by molar-refractivity contribution is 0.307. The maximum Gasteiger partial charge on any atom is 0.282 e. The van der Waals surface area contributed by atoms with Crippen LogP contribution in [0.3, 0.4) is 0 Å². The minimum absolute atomic E-state index is 0.537. The van der Waals surface area contributed by atoms with Gasteiger partial charge < -0.3 is 4.90 Å². The molecule has 1 aromatic heterocycles. The SMILES string of the molecule is O=S(=O)(N1CCCCC1)N1CCCN(c2ccccn2)CC1. The summed E-state index contributed by atoms with van der Waals surface area (Å²) in [5, 5.41) is 0. The molecule has 0 N–H and O–H groups in total. The van der Waals surface area contributed by atoms with Gasteiger partial charge in [-0.1, -0.05) is 12.5 Å². The van der Waals surface area contributed by atoms with Gasteiger partial charge in [-0.15, -0.1) is 0 Å². The molecule has 0 aromatic carbocycles. The molecule has 0 radical (unpaired) electrons. The fourth-order valence-corrected chi connectivity index (χ4v) is 4.87. The molecule has 0 amide bonds. The average molecular weight is 324 g/mol. The van der Waals surface area contributed by atoms with Crippen LogP contribution in [-0.4, -0.2) is 61.3 Å². The van der Waals surface area contributed by atoms with Crippen molar-refractivity contribution in [3.05, 3.63) is 24.4 Å². The van der Waals surface area contributed by atoms with Crippen LogP contribution in [0.1, 0.15) is 25.7 Å². The van der Waals surface area contributed by atoms with E-state index in [1.54, 1.807) is 14.8 Å². The molecule has 6 nitrogen and oxygen atoms in total. The summed E-state index contributed by atoms with van der Waals surface area (Å²) in [6, 6.07) is 5.85. The normalized spacial score (nSPS) is 22.5. The zero-order valence-electron chi connectivity index (χ0n) is 12.9. The Morgan fingerprint density at radius 3 is 2.27 bits per heavy atom. The number of hydrogen-bond acceptors (Lipinski definition) is 4. The average Bonchev–Trinajstić information content (AvgIpc) is 2.83. The summed E-state index contributed by atoms with van der Waals surface area (Å²) in [5.41, 5.74) is 0. The predicted molar refractivity (Wildman–Crippen MR) is 87.0 cm³/mol. The lowest BCUT2D eigenvalue weighted by Gasteiger charge is -2.31. The number of pyridine rings is 1. The molecule has 2 saturated heterocycles. The Morgan fingerprint density at radius 1 is 0.818 bits per heavy atom. The van der Waals surface area contributed by atoms with Gasteiger partial charge in [-0.05, 0) is 31.4 Å². The number of piperidine rings is 1. The molecule has 0 aliphatic carbocycles. The minimum atomic E-state index is -3.29. The Balaban J connectivity index is 1.67. The Bertz CT molecular complexity index is 572. The van der Waals surface area contributed by atoms with Gasteiger partial charge in [0.2, 0.25) is 0 Å². The summed E-state index contributed by atoms with van der Waals surface area (Å²) in [6.45, 7) is 4.02. The summed E-state index contributed by atoms with van der Waals surface area (Å²) < 4.78 is 28.8. The van der Waals surface area contributed by atoms with Crippen LogP contribution in [0.15, 0.2) is 24.4 Å². The predicted octanol–water partition coefficient (Wildman–Crippen LogP) is 1.32. The Kier molecular flexibility index (Phi) is 4.95. The van der Waals surface area contributed by atoms with E-state index in [4.69, 9.17) is 0 Å². The molecule has 3 rings (SSSR count). The monoisotopic (exact) mass is 324 g/mol. The molecule has 7 heteroatoms. The summed E-state index contributed by atoms with van der Waals surface area (Å²) in [7, 11) is -3.29. The van der Waals surface area contributed by atoms with Crippen molar-refractivity contribution in [2.24, 2.45) is 0 Å². The maximum atomic E-state index is 12.8. The van der Waals surface area contributed by atoms with Crippen LogP contribution < -0.4 is 4.90 Å². The summed E-state index contributed by atoms with van der Waals surface area (Å²) in [6.07, 6.45) is 5.71. The van der Waals surface area contributed by atoms with E-state index < -0.39 is 10.2 Å². The molecule has 22 heavy (non-hydrogen) atoms. The molecule has 0 bridgehead atoms. The molecular weight excluding hydrogens is 300 g/mol. The highest BCUT2D eigenvalue weighted by Crippen LogP contribution is 2.19. The number of anilines is 1. The van der Waals surface area contributed by atoms with Crippen LogP contribution in [0.2, 0.25) is 0 Å². The first-order valence-corrected chi connectivity index (χ1v) is 9.49. The van der Waals surface area contributed by atoms with Crippen molar-refractivity contribution in [2.45, 2.75) is 25.7 Å². The summed E-state index contributed by atoms with van der Waals surface area (Å²) >= 11 is 0. The van der Waals surface area contributed by atoms with Crippen molar-refractivity contribution in [1.29, 1.82) is 0 Å². The van der Waals surface area contributed by atoms with E-state index in [0.29, 0.717) is 32.7 Å². The van der Waals surface area contributed by atoms with Crippen LogP contribution in [-0.2, 0) is 10.2 Å². The smallest absolute Gasteiger partial charge is 0.282 e. The van der Waals surface area contributed by atoms with Crippen LogP contribution in [0.5, 0.6) is 0 Å². The first-order chi connectivity index (χ1) is 10.7. The third kappa shape index (κ3) is 3.42. The van der Waals surface area contributed by atoms with E-state index in [0.717, 1.165) is 38.0 Å². The maximum absolute atomic E-state index is 12.8. The van der Waals surface area contributed by atoms with Crippen LogP contribution in [0.4, 0.5) is 5.82 Å². The molecular formula is C15H24N4O2S. The highest BCUT2D eigenvalue weighted by atomic mass is 32.2. The van der Waals surface area contributed by atoms with E-state index in [1.165, 1.54) is 0 Å². The van der Waals surface area contributed by atoms with Crippen LogP contribution in [0.25, 0.3) is 0 Å². The molecule has 0 unspecified atom stereocenters. The summed E-state index contributed by atoms with van der Waals surface area (Å²) in [4.78, 5) is 6.54. The van der Waals surface area contributed by atoms with E-state index >= 15 is 0 Å². The van der Waals surface area contributed by atoms with Crippen molar-refractivity contribution in [3.8, 4) is 0 Å². The van der Waals surface area contributed by atoms with Crippen LogP contribution >= 0.6 is 0 Å². The van der Waals surface area contributed by atoms with E-state index in [2.05, 4.69) is 9.88 Å². The first-order valence-electron chi connectivity index (χ1n) is 8.09. The van der Waals surface area contributed by atoms with Gasteiger partial charge in [-0.25, -0.2) is 4.98 Å². The molecule has 3 heterocycles. The van der Waals surface area contributed by atoms with Gasteiger partial charge in [0.1, 0.15) is 5.82 Å². The second-order valence-electron chi connectivity index (χ2n) is 5.90. The Hall–Kier alpha value is -1.18. The molecule has 0 saturated carbocycles. The fourth-order valence-electron chi connectivity index (χ4n) is 3.15. The highest BCUT2D eigenvalue weighted by molar-refractivity contribution is 7.86. The van der Waals surface area contributed by atoms with Crippen molar-refractivity contribution < 1.29 is 8.42 Å². The van der Waals surface area contributed by atoms with Gasteiger partial charge in [-0.2, -0.15) is 17.0 Å². The number of aromatic nitrogens is 1. The van der Waals surface area contributed by atoms with Gasteiger partial charge in [0.15, 0.2) is 0 Å². The topological polar surface area (TPSA) is 56.8 Å². The van der Waals surface area contributed by atoms with Crippen molar-refractivity contribution in [3.63, 3.8) is 0 Å². The van der Waals surface area contributed by atoms with E-state index in [-0.39, 0.29) is 0 Å². The van der Waals surface area contributed by atoms with Gasteiger partial charge in [0.05, 0.1) is 0 Å². The molecule has 2 aliphatic rings. The minimum Gasteiger partial charge on any atom is -0.355 e.